The minimum atomic E-state index is -0.769. The van der Waals surface area contributed by atoms with Crippen molar-refractivity contribution in [2.24, 2.45) is 5.73 Å². The van der Waals surface area contributed by atoms with Gasteiger partial charge in [-0.2, -0.15) is 0 Å². The van der Waals surface area contributed by atoms with Gasteiger partial charge in [-0.05, 0) is 43.4 Å². The zero-order valence-electron chi connectivity index (χ0n) is 13.5. The summed E-state index contributed by atoms with van der Waals surface area (Å²) in [5, 5.41) is 3.34. The Morgan fingerprint density at radius 2 is 1.92 bits per heavy atom. The van der Waals surface area contributed by atoms with Gasteiger partial charge in [0.15, 0.2) is 11.5 Å². The van der Waals surface area contributed by atoms with Crippen LogP contribution in [0.4, 0.5) is 5.00 Å². The topological polar surface area (TPSA) is 90.7 Å². The lowest BCUT2D eigenvalue weighted by Gasteiger charge is -2.25. The summed E-state index contributed by atoms with van der Waals surface area (Å²) in [5.74, 6) is 0.321. The summed E-state index contributed by atoms with van der Waals surface area (Å²) in [6, 6.07) is 7.22. The zero-order chi connectivity index (χ0) is 17.4. The van der Waals surface area contributed by atoms with Gasteiger partial charge >= 0.3 is 0 Å². The molecule has 0 radical (unpaired) electrons. The fourth-order valence-corrected chi connectivity index (χ4v) is 4.55. The van der Waals surface area contributed by atoms with E-state index >= 15 is 0 Å². The molecule has 2 aliphatic rings. The molecule has 0 saturated carbocycles. The largest absolute Gasteiger partial charge is 0.485 e. The van der Waals surface area contributed by atoms with Crippen LogP contribution in [0.3, 0.4) is 0 Å². The van der Waals surface area contributed by atoms with Crippen LogP contribution in [0.5, 0.6) is 11.5 Å². The fourth-order valence-electron chi connectivity index (χ4n) is 3.26. The number of primary amides is 1. The van der Waals surface area contributed by atoms with E-state index in [2.05, 4.69) is 5.32 Å². The Kier molecular flexibility index (Phi) is 4.09. The normalized spacial score (nSPS) is 18.3. The van der Waals surface area contributed by atoms with Crippen molar-refractivity contribution < 1.29 is 19.1 Å². The number of nitrogens with two attached hydrogens (primary N) is 1. The van der Waals surface area contributed by atoms with Crippen LogP contribution in [0.25, 0.3) is 0 Å². The molecule has 4 rings (SSSR count). The van der Waals surface area contributed by atoms with Crippen molar-refractivity contribution in [3.8, 4) is 11.5 Å². The van der Waals surface area contributed by atoms with E-state index in [0.717, 1.165) is 36.1 Å². The lowest BCUT2D eigenvalue weighted by Crippen LogP contribution is -2.40. The number of ether oxygens (including phenoxy) is 2. The Balaban J connectivity index is 1.56. The molecule has 1 unspecified atom stereocenters. The van der Waals surface area contributed by atoms with Gasteiger partial charge in [0.25, 0.3) is 11.8 Å². The molecule has 0 spiro atoms. The van der Waals surface area contributed by atoms with E-state index in [1.165, 1.54) is 11.3 Å². The maximum Gasteiger partial charge on any atom is 0.269 e. The summed E-state index contributed by atoms with van der Waals surface area (Å²) < 4.78 is 11.3. The van der Waals surface area contributed by atoms with Gasteiger partial charge in [-0.25, -0.2) is 0 Å². The molecule has 3 N–H and O–H groups in total. The number of benzene rings is 1. The van der Waals surface area contributed by atoms with Crippen molar-refractivity contribution in [2.75, 3.05) is 11.9 Å². The highest BCUT2D eigenvalue weighted by molar-refractivity contribution is 7.17. The summed E-state index contributed by atoms with van der Waals surface area (Å²) in [7, 11) is 0. The summed E-state index contributed by atoms with van der Waals surface area (Å²) in [5.41, 5.74) is 7.00. The molecule has 1 aliphatic carbocycles. The number of fused-ring (bicyclic) bond motifs is 2. The Bertz CT molecular complexity index is 846. The predicted octanol–water partition coefficient (Wildman–Crippen LogP) is 2.50. The summed E-state index contributed by atoms with van der Waals surface area (Å²) in [6.45, 7) is 0.125. The first-order valence-electron chi connectivity index (χ1n) is 8.27. The van der Waals surface area contributed by atoms with Crippen LogP contribution in [0.1, 0.15) is 33.6 Å². The minimum Gasteiger partial charge on any atom is -0.485 e. The SMILES string of the molecule is NC(=O)c1c(NC(=O)C2COc3ccccc3O2)sc2c1CCCC2. The average Bonchev–Trinajstić information content (AvgIpc) is 2.99. The molecule has 2 heterocycles. The number of carbonyl (C=O) groups excluding carboxylic acids is 2. The van der Waals surface area contributed by atoms with Crippen LogP contribution >= 0.6 is 11.3 Å². The van der Waals surface area contributed by atoms with Gasteiger partial charge in [-0.3, -0.25) is 9.59 Å². The highest BCUT2D eigenvalue weighted by Gasteiger charge is 2.30. The molecule has 1 aromatic carbocycles. The van der Waals surface area contributed by atoms with Crippen LogP contribution < -0.4 is 20.5 Å². The molecule has 7 heteroatoms. The van der Waals surface area contributed by atoms with Crippen molar-refractivity contribution in [1.82, 2.24) is 0 Å². The third-order valence-electron chi connectivity index (χ3n) is 4.46. The van der Waals surface area contributed by atoms with Crippen molar-refractivity contribution in [3.05, 3.63) is 40.3 Å². The van der Waals surface area contributed by atoms with E-state index in [1.807, 2.05) is 12.1 Å². The second-order valence-electron chi connectivity index (χ2n) is 6.13. The Labute approximate surface area is 148 Å². The van der Waals surface area contributed by atoms with E-state index in [-0.39, 0.29) is 12.5 Å². The van der Waals surface area contributed by atoms with Crippen molar-refractivity contribution in [3.63, 3.8) is 0 Å². The average molecular weight is 358 g/mol. The van der Waals surface area contributed by atoms with Gasteiger partial charge in [-0.1, -0.05) is 12.1 Å². The summed E-state index contributed by atoms with van der Waals surface area (Å²) in [4.78, 5) is 25.6. The molecule has 0 fully saturated rings. The molecule has 1 aliphatic heterocycles. The molecule has 1 aromatic heterocycles. The molecule has 0 bridgehead atoms. The first kappa shape index (κ1) is 16.0. The lowest BCUT2D eigenvalue weighted by molar-refractivity contribution is -0.125. The van der Waals surface area contributed by atoms with E-state index in [9.17, 15) is 9.59 Å². The molecule has 0 saturated heterocycles. The van der Waals surface area contributed by atoms with E-state index < -0.39 is 12.0 Å². The lowest BCUT2D eigenvalue weighted by atomic mass is 9.95. The van der Waals surface area contributed by atoms with Gasteiger partial charge in [-0.15, -0.1) is 11.3 Å². The number of carbonyl (C=O) groups is 2. The van der Waals surface area contributed by atoms with Crippen molar-refractivity contribution >= 4 is 28.2 Å². The molecular weight excluding hydrogens is 340 g/mol. The number of hydrogen-bond donors (Lipinski definition) is 2. The van der Waals surface area contributed by atoms with Crippen LogP contribution in [0.15, 0.2) is 24.3 Å². The number of nitrogens with one attached hydrogen (secondary N) is 1. The van der Waals surface area contributed by atoms with Gasteiger partial charge in [0, 0.05) is 4.88 Å². The molecular formula is C18H18N2O4S. The third-order valence-corrected chi connectivity index (χ3v) is 5.66. The van der Waals surface area contributed by atoms with Gasteiger partial charge in [0.2, 0.25) is 6.10 Å². The second-order valence-corrected chi connectivity index (χ2v) is 7.24. The first-order valence-corrected chi connectivity index (χ1v) is 9.09. The number of hydrogen-bond acceptors (Lipinski definition) is 5. The Hall–Kier alpha value is -2.54. The maximum absolute atomic E-state index is 12.6. The number of rotatable bonds is 3. The number of anilines is 1. The van der Waals surface area contributed by atoms with Crippen LogP contribution in [-0.2, 0) is 17.6 Å². The van der Waals surface area contributed by atoms with Gasteiger partial charge in [0.05, 0.1) is 5.56 Å². The van der Waals surface area contributed by atoms with Crippen LogP contribution in [0.2, 0.25) is 0 Å². The quantitative estimate of drug-likeness (QED) is 0.882. The minimum absolute atomic E-state index is 0.125. The summed E-state index contributed by atoms with van der Waals surface area (Å²) >= 11 is 1.44. The molecule has 6 nitrogen and oxygen atoms in total. The van der Waals surface area contributed by atoms with Crippen molar-refractivity contribution in [1.29, 1.82) is 0 Å². The molecule has 130 valence electrons. The zero-order valence-corrected chi connectivity index (χ0v) is 14.4. The standard InChI is InChI=1S/C18H18N2O4S/c19-16(21)15-10-5-1-4-8-14(10)25-18(15)20-17(22)13-9-23-11-6-2-3-7-12(11)24-13/h2-3,6-7,13H,1,4-5,8-9H2,(H2,19,21)(H,20,22). The van der Waals surface area contributed by atoms with E-state index in [1.54, 1.807) is 12.1 Å². The van der Waals surface area contributed by atoms with Crippen molar-refractivity contribution in [2.45, 2.75) is 31.8 Å². The molecule has 2 aromatic rings. The molecule has 2 amide bonds. The Morgan fingerprint density at radius 1 is 1.16 bits per heavy atom. The Morgan fingerprint density at radius 3 is 2.72 bits per heavy atom. The number of para-hydroxylation sites is 2. The van der Waals surface area contributed by atoms with E-state index in [0.29, 0.717) is 22.1 Å². The third kappa shape index (κ3) is 2.95. The summed E-state index contributed by atoms with van der Waals surface area (Å²) in [6.07, 6.45) is 3.11. The van der Waals surface area contributed by atoms with Crippen LogP contribution in [-0.4, -0.2) is 24.5 Å². The predicted molar refractivity (Wildman–Crippen MR) is 94.5 cm³/mol. The van der Waals surface area contributed by atoms with Crippen LogP contribution in [0, 0.1) is 0 Å². The highest BCUT2D eigenvalue weighted by atomic mass is 32.1. The molecule has 25 heavy (non-hydrogen) atoms. The smallest absolute Gasteiger partial charge is 0.269 e. The fraction of sp³-hybridized carbons (Fsp3) is 0.333. The van der Waals surface area contributed by atoms with Gasteiger partial charge in [0.1, 0.15) is 11.6 Å². The highest BCUT2D eigenvalue weighted by Crippen LogP contribution is 2.38. The number of aryl methyl sites for hydroxylation is 1. The number of amides is 2. The molecule has 1 atom stereocenters. The van der Waals surface area contributed by atoms with E-state index in [4.69, 9.17) is 15.2 Å². The monoisotopic (exact) mass is 358 g/mol. The maximum atomic E-state index is 12.6. The van der Waals surface area contributed by atoms with Gasteiger partial charge < -0.3 is 20.5 Å². The second kappa shape index (κ2) is 6.40. The first-order chi connectivity index (χ1) is 12.1. The number of thiophene rings is 1.